The molecule has 0 saturated carbocycles. The van der Waals surface area contributed by atoms with Crippen molar-refractivity contribution in [1.82, 2.24) is 14.5 Å². The Morgan fingerprint density at radius 1 is 1.29 bits per heavy atom. The lowest BCUT2D eigenvalue weighted by Crippen LogP contribution is -2.24. The van der Waals surface area contributed by atoms with Crippen LogP contribution in [0.1, 0.15) is 50.2 Å². The number of aryl methyl sites for hydroxylation is 1. The topological polar surface area (TPSA) is 21.1 Å². The second kappa shape index (κ2) is 4.81. The molecule has 1 aromatic heterocycles. The molecule has 3 rings (SSSR count). The lowest BCUT2D eigenvalue weighted by atomic mass is 10.0. The largest absolute Gasteiger partial charge is 0.329 e. The zero-order valence-corrected chi connectivity index (χ0v) is 10.9. The molecule has 0 N–H and O–H groups in total. The third-order valence-electron chi connectivity index (χ3n) is 4.30. The van der Waals surface area contributed by atoms with Crippen molar-refractivity contribution in [1.29, 1.82) is 0 Å². The van der Waals surface area contributed by atoms with Crippen molar-refractivity contribution in [2.45, 2.75) is 51.5 Å². The van der Waals surface area contributed by atoms with Crippen LogP contribution in [0.4, 0.5) is 0 Å². The molecule has 0 radical (unpaired) electrons. The number of imidazole rings is 1. The summed E-state index contributed by atoms with van der Waals surface area (Å²) in [5.41, 5.74) is 1.46. The molecule has 1 atom stereocenters. The van der Waals surface area contributed by atoms with Crippen LogP contribution in [0, 0.1) is 0 Å². The van der Waals surface area contributed by atoms with Gasteiger partial charge in [0.05, 0.1) is 0 Å². The van der Waals surface area contributed by atoms with Gasteiger partial charge in [0.1, 0.15) is 5.82 Å². The summed E-state index contributed by atoms with van der Waals surface area (Å²) in [6.45, 7) is 6.12. The van der Waals surface area contributed by atoms with E-state index >= 15 is 0 Å². The fourth-order valence-corrected chi connectivity index (χ4v) is 3.32. The van der Waals surface area contributed by atoms with Crippen LogP contribution in [0.3, 0.4) is 0 Å². The molecule has 3 heterocycles. The van der Waals surface area contributed by atoms with Crippen LogP contribution in [0.25, 0.3) is 0 Å². The average molecular weight is 233 g/mol. The summed E-state index contributed by atoms with van der Waals surface area (Å²) in [5.74, 6) is 1.32. The molecule has 0 aliphatic carbocycles. The summed E-state index contributed by atoms with van der Waals surface area (Å²) in [6, 6.07) is 0.662. The third kappa shape index (κ3) is 2.25. The number of hydrogen-bond acceptors (Lipinski definition) is 2. The SMILES string of the molecule is CC1CCCc2cnc(CCN3CCCC3)n21. The maximum Gasteiger partial charge on any atom is 0.110 e. The molecule has 2 aliphatic heterocycles. The van der Waals surface area contributed by atoms with Gasteiger partial charge in [-0.25, -0.2) is 4.98 Å². The highest BCUT2D eigenvalue weighted by Crippen LogP contribution is 2.26. The molecular formula is C14H23N3. The minimum atomic E-state index is 0.662. The van der Waals surface area contributed by atoms with Crippen LogP contribution < -0.4 is 0 Å². The summed E-state index contributed by atoms with van der Waals surface area (Å²) < 4.78 is 2.50. The summed E-state index contributed by atoms with van der Waals surface area (Å²) in [6.07, 6.45) is 9.88. The quantitative estimate of drug-likeness (QED) is 0.799. The van der Waals surface area contributed by atoms with E-state index in [0.717, 1.165) is 6.42 Å². The van der Waals surface area contributed by atoms with E-state index in [4.69, 9.17) is 0 Å². The Morgan fingerprint density at radius 3 is 2.94 bits per heavy atom. The molecule has 3 nitrogen and oxygen atoms in total. The van der Waals surface area contributed by atoms with E-state index in [-0.39, 0.29) is 0 Å². The van der Waals surface area contributed by atoms with Gasteiger partial charge in [-0.15, -0.1) is 0 Å². The first kappa shape index (κ1) is 11.3. The van der Waals surface area contributed by atoms with E-state index in [1.165, 1.54) is 63.3 Å². The highest BCUT2D eigenvalue weighted by molar-refractivity contribution is 5.10. The number of likely N-dealkylation sites (tertiary alicyclic amines) is 1. The van der Waals surface area contributed by atoms with Crippen LogP contribution in [-0.4, -0.2) is 34.1 Å². The Kier molecular flexibility index (Phi) is 3.19. The van der Waals surface area contributed by atoms with Gasteiger partial charge in [0.25, 0.3) is 0 Å². The van der Waals surface area contributed by atoms with E-state index < -0.39 is 0 Å². The Bertz CT molecular complexity index is 377. The van der Waals surface area contributed by atoms with E-state index in [1.807, 2.05) is 0 Å². The molecule has 1 aromatic rings. The van der Waals surface area contributed by atoms with Gasteiger partial charge < -0.3 is 9.47 Å². The molecule has 1 unspecified atom stereocenters. The Balaban J connectivity index is 1.68. The molecule has 1 saturated heterocycles. The van der Waals surface area contributed by atoms with Gasteiger partial charge in [0.15, 0.2) is 0 Å². The minimum absolute atomic E-state index is 0.662. The first-order valence-corrected chi connectivity index (χ1v) is 7.12. The summed E-state index contributed by atoms with van der Waals surface area (Å²) in [4.78, 5) is 7.22. The molecular weight excluding hydrogens is 210 g/mol. The van der Waals surface area contributed by atoms with Crippen LogP contribution in [0.2, 0.25) is 0 Å². The molecule has 0 amide bonds. The standard InChI is InChI=1S/C14H23N3/c1-12-5-4-6-13-11-15-14(17(12)13)7-10-16-8-2-3-9-16/h11-12H,2-10H2,1H3. The molecule has 17 heavy (non-hydrogen) atoms. The highest BCUT2D eigenvalue weighted by Gasteiger charge is 2.20. The number of nitrogens with zero attached hydrogens (tertiary/aromatic N) is 3. The van der Waals surface area contributed by atoms with Crippen LogP contribution in [0.5, 0.6) is 0 Å². The predicted molar refractivity (Wildman–Crippen MR) is 69.3 cm³/mol. The fraction of sp³-hybridized carbons (Fsp3) is 0.786. The van der Waals surface area contributed by atoms with E-state index in [2.05, 4.69) is 27.6 Å². The van der Waals surface area contributed by atoms with Crippen LogP contribution >= 0.6 is 0 Å². The number of rotatable bonds is 3. The number of fused-ring (bicyclic) bond motifs is 1. The number of aromatic nitrogens is 2. The molecule has 3 heteroatoms. The fourth-order valence-electron chi connectivity index (χ4n) is 3.32. The van der Waals surface area contributed by atoms with Crippen molar-refractivity contribution >= 4 is 0 Å². The van der Waals surface area contributed by atoms with Gasteiger partial charge in [-0.1, -0.05) is 0 Å². The monoisotopic (exact) mass is 233 g/mol. The van der Waals surface area contributed by atoms with Crippen molar-refractivity contribution in [3.63, 3.8) is 0 Å². The molecule has 0 spiro atoms. The lowest BCUT2D eigenvalue weighted by molar-refractivity contribution is 0.333. The summed E-state index contributed by atoms with van der Waals surface area (Å²) >= 11 is 0. The van der Waals surface area contributed by atoms with E-state index in [9.17, 15) is 0 Å². The number of hydrogen-bond donors (Lipinski definition) is 0. The van der Waals surface area contributed by atoms with Crippen LogP contribution in [-0.2, 0) is 12.8 Å². The Morgan fingerprint density at radius 2 is 2.12 bits per heavy atom. The van der Waals surface area contributed by atoms with Gasteiger partial charge >= 0.3 is 0 Å². The Hall–Kier alpha value is -0.830. The predicted octanol–water partition coefficient (Wildman–Crippen LogP) is 2.42. The molecule has 0 aromatic carbocycles. The first-order chi connectivity index (χ1) is 8.34. The third-order valence-corrected chi connectivity index (χ3v) is 4.30. The lowest BCUT2D eigenvalue weighted by Gasteiger charge is -2.24. The van der Waals surface area contributed by atoms with E-state index in [0.29, 0.717) is 6.04 Å². The molecule has 94 valence electrons. The molecule has 2 aliphatic rings. The van der Waals surface area contributed by atoms with Gasteiger partial charge in [-0.05, 0) is 52.1 Å². The molecule has 0 bridgehead atoms. The normalized spacial score (nSPS) is 25.1. The van der Waals surface area contributed by atoms with Crippen molar-refractivity contribution < 1.29 is 0 Å². The van der Waals surface area contributed by atoms with Crippen molar-refractivity contribution in [3.05, 3.63) is 17.7 Å². The minimum Gasteiger partial charge on any atom is -0.329 e. The maximum atomic E-state index is 4.65. The average Bonchev–Trinajstić information content (AvgIpc) is 2.95. The van der Waals surface area contributed by atoms with Gasteiger partial charge in [0.2, 0.25) is 0 Å². The van der Waals surface area contributed by atoms with Crippen molar-refractivity contribution in [2.75, 3.05) is 19.6 Å². The maximum absolute atomic E-state index is 4.65. The van der Waals surface area contributed by atoms with Gasteiger partial charge in [-0.2, -0.15) is 0 Å². The Labute approximate surface area is 104 Å². The van der Waals surface area contributed by atoms with Gasteiger partial charge in [0, 0.05) is 30.9 Å². The smallest absolute Gasteiger partial charge is 0.110 e. The summed E-state index contributed by atoms with van der Waals surface area (Å²) in [5, 5.41) is 0. The second-order valence-electron chi connectivity index (χ2n) is 5.58. The first-order valence-electron chi connectivity index (χ1n) is 7.12. The zero-order chi connectivity index (χ0) is 11.7. The van der Waals surface area contributed by atoms with Crippen LogP contribution in [0.15, 0.2) is 6.20 Å². The summed E-state index contributed by atoms with van der Waals surface area (Å²) in [7, 11) is 0. The van der Waals surface area contributed by atoms with Gasteiger partial charge in [-0.3, -0.25) is 0 Å². The molecule has 1 fully saturated rings. The van der Waals surface area contributed by atoms with Crippen molar-refractivity contribution in [3.8, 4) is 0 Å². The second-order valence-corrected chi connectivity index (χ2v) is 5.58. The zero-order valence-electron chi connectivity index (χ0n) is 10.9. The van der Waals surface area contributed by atoms with Crippen molar-refractivity contribution in [2.24, 2.45) is 0 Å². The van der Waals surface area contributed by atoms with E-state index in [1.54, 1.807) is 0 Å². The highest BCUT2D eigenvalue weighted by atomic mass is 15.2.